The predicted molar refractivity (Wildman–Crippen MR) is 92.9 cm³/mol. The summed E-state index contributed by atoms with van der Waals surface area (Å²) in [4.78, 5) is 11.4. The largest absolute Gasteiger partial charge is 0.274 e. The molecule has 0 N–H and O–H groups in total. The maximum absolute atomic E-state index is 11.6. The van der Waals surface area contributed by atoms with E-state index in [1.807, 2.05) is 12.1 Å². The van der Waals surface area contributed by atoms with E-state index in [1.54, 1.807) is 6.08 Å². The summed E-state index contributed by atoms with van der Waals surface area (Å²) in [7, 11) is 0. The third kappa shape index (κ3) is 1.54. The average Bonchev–Trinajstić information content (AvgIpc) is 2.58. The van der Waals surface area contributed by atoms with Gasteiger partial charge in [0.15, 0.2) is 0 Å². The Hall–Kier alpha value is -2.94. The number of nitrogens with zero attached hydrogens (tertiary/aromatic N) is 1. The average molecular weight is 299 g/mol. The van der Waals surface area contributed by atoms with Crippen molar-refractivity contribution in [3.63, 3.8) is 0 Å². The Labute approximate surface area is 132 Å². The molecule has 0 fully saturated rings. The normalized spacial score (nSPS) is 15.0. The maximum Gasteiger partial charge on any atom is 0.274 e. The molecular weight excluding hydrogens is 286 g/mol. The molecular formula is C20H13NO2. The highest BCUT2D eigenvalue weighted by Gasteiger charge is 2.28. The first-order chi connectivity index (χ1) is 11.3. The van der Waals surface area contributed by atoms with Crippen LogP contribution in [0.1, 0.15) is 22.3 Å². The lowest BCUT2D eigenvalue weighted by Gasteiger charge is -2.22. The van der Waals surface area contributed by atoms with Crippen LogP contribution in [0.2, 0.25) is 0 Å². The summed E-state index contributed by atoms with van der Waals surface area (Å²) in [6, 6.07) is 12.4. The summed E-state index contributed by atoms with van der Waals surface area (Å²) < 4.78 is 0. The van der Waals surface area contributed by atoms with Gasteiger partial charge >= 0.3 is 0 Å². The van der Waals surface area contributed by atoms with Crippen LogP contribution in [0.4, 0.5) is 0 Å². The van der Waals surface area contributed by atoms with Gasteiger partial charge in [-0.3, -0.25) is 10.1 Å². The van der Waals surface area contributed by atoms with E-state index >= 15 is 0 Å². The van der Waals surface area contributed by atoms with E-state index in [9.17, 15) is 10.1 Å². The number of benzene rings is 3. The Morgan fingerprint density at radius 3 is 2.65 bits per heavy atom. The second kappa shape index (κ2) is 4.29. The minimum Gasteiger partial charge on any atom is -0.258 e. The topological polar surface area (TPSA) is 43.1 Å². The van der Waals surface area contributed by atoms with Crippen molar-refractivity contribution in [2.75, 3.05) is 0 Å². The standard InChI is InChI=1S/C20H13NO2/c22-21(23)17-11-10-13-6-2-8-15-14-7-1-4-12-5-3-9-16(18(12)14)20(17)19(13)15/h1-6,8-9,11H,7,10H2. The summed E-state index contributed by atoms with van der Waals surface area (Å²) in [6.45, 7) is 0. The van der Waals surface area contributed by atoms with Crippen molar-refractivity contribution in [3.8, 4) is 0 Å². The summed E-state index contributed by atoms with van der Waals surface area (Å²) in [5.41, 5.74) is 4.67. The van der Waals surface area contributed by atoms with Crippen LogP contribution in [0.15, 0.2) is 48.6 Å². The number of rotatable bonds is 1. The van der Waals surface area contributed by atoms with Gasteiger partial charge < -0.3 is 0 Å². The first-order valence-electron chi connectivity index (χ1n) is 7.76. The van der Waals surface area contributed by atoms with Crippen LogP contribution in [0.25, 0.3) is 33.3 Å². The van der Waals surface area contributed by atoms with E-state index in [1.165, 1.54) is 16.5 Å². The number of hydrogen-bond acceptors (Lipinski definition) is 2. The zero-order chi connectivity index (χ0) is 15.6. The van der Waals surface area contributed by atoms with Crippen LogP contribution in [0.3, 0.4) is 0 Å². The van der Waals surface area contributed by atoms with E-state index in [4.69, 9.17) is 0 Å². The lowest BCUT2D eigenvalue weighted by Crippen LogP contribution is -2.08. The third-order valence-corrected chi connectivity index (χ3v) is 4.98. The minimum absolute atomic E-state index is 0.238. The molecule has 3 nitrogen and oxygen atoms in total. The number of allylic oxidation sites excluding steroid dienone is 2. The van der Waals surface area contributed by atoms with Gasteiger partial charge in [0.05, 0.1) is 10.5 Å². The molecule has 0 saturated heterocycles. The van der Waals surface area contributed by atoms with E-state index in [2.05, 4.69) is 36.4 Å². The minimum atomic E-state index is -0.238. The van der Waals surface area contributed by atoms with Crippen molar-refractivity contribution in [2.24, 2.45) is 0 Å². The van der Waals surface area contributed by atoms with E-state index in [0.717, 1.165) is 33.7 Å². The van der Waals surface area contributed by atoms with Gasteiger partial charge in [0.1, 0.15) is 0 Å². The SMILES string of the molecule is O=[N+]([O-])C1=CCc2cccc3c4c5c(cccc5c1c23)C=CC4. The monoisotopic (exact) mass is 299 g/mol. The highest BCUT2D eigenvalue weighted by molar-refractivity contribution is 6.15. The highest BCUT2D eigenvalue weighted by atomic mass is 16.6. The van der Waals surface area contributed by atoms with Crippen molar-refractivity contribution in [1.29, 1.82) is 0 Å². The zero-order valence-corrected chi connectivity index (χ0v) is 12.4. The van der Waals surface area contributed by atoms with Crippen LogP contribution in [-0.4, -0.2) is 4.92 Å². The van der Waals surface area contributed by atoms with Gasteiger partial charge in [-0.05, 0) is 51.8 Å². The molecule has 3 heteroatoms. The molecule has 0 bridgehead atoms. The van der Waals surface area contributed by atoms with Crippen molar-refractivity contribution in [2.45, 2.75) is 12.8 Å². The number of hydrogen-bond donors (Lipinski definition) is 0. The molecule has 0 aliphatic heterocycles. The summed E-state index contributed by atoms with van der Waals surface area (Å²) in [5.74, 6) is 0. The fourth-order valence-corrected chi connectivity index (χ4v) is 4.10. The molecule has 3 aromatic carbocycles. The third-order valence-electron chi connectivity index (χ3n) is 4.98. The van der Waals surface area contributed by atoms with Crippen LogP contribution in [0, 0.1) is 10.1 Å². The first-order valence-corrected chi connectivity index (χ1v) is 7.76. The van der Waals surface area contributed by atoms with Gasteiger partial charge in [-0.15, -0.1) is 0 Å². The van der Waals surface area contributed by atoms with Gasteiger partial charge in [0.25, 0.3) is 5.70 Å². The molecule has 2 aliphatic carbocycles. The summed E-state index contributed by atoms with van der Waals surface area (Å²) in [5, 5.41) is 16.0. The molecule has 0 spiro atoms. The molecule has 0 radical (unpaired) electrons. The molecule has 110 valence electrons. The fourth-order valence-electron chi connectivity index (χ4n) is 4.10. The molecule has 23 heavy (non-hydrogen) atoms. The van der Waals surface area contributed by atoms with Gasteiger partial charge in [-0.25, -0.2) is 0 Å². The van der Waals surface area contributed by atoms with Gasteiger partial charge in [-0.2, -0.15) is 0 Å². The summed E-state index contributed by atoms with van der Waals surface area (Å²) >= 11 is 0. The van der Waals surface area contributed by atoms with E-state index < -0.39 is 0 Å². The summed E-state index contributed by atoms with van der Waals surface area (Å²) in [6.07, 6.45) is 7.56. The molecule has 5 rings (SSSR count). The van der Waals surface area contributed by atoms with Crippen molar-refractivity contribution in [3.05, 3.63) is 80.9 Å². The highest BCUT2D eigenvalue weighted by Crippen LogP contribution is 2.43. The Morgan fingerprint density at radius 1 is 0.957 bits per heavy atom. The van der Waals surface area contributed by atoms with Gasteiger partial charge in [0.2, 0.25) is 0 Å². The Balaban J connectivity index is 2.11. The van der Waals surface area contributed by atoms with E-state index in [-0.39, 0.29) is 10.6 Å². The Bertz CT molecular complexity index is 1090. The van der Waals surface area contributed by atoms with Crippen LogP contribution in [-0.2, 0) is 12.8 Å². The van der Waals surface area contributed by atoms with Gasteiger partial charge in [0, 0.05) is 5.39 Å². The molecule has 0 atom stereocenters. The molecule has 0 aromatic heterocycles. The van der Waals surface area contributed by atoms with Crippen molar-refractivity contribution < 1.29 is 4.92 Å². The second-order valence-electron chi connectivity index (χ2n) is 6.12. The second-order valence-corrected chi connectivity index (χ2v) is 6.12. The van der Waals surface area contributed by atoms with Crippen LogP contribution >= 0.6 is 0 Å². The quantitative estimate of drug-likeness (QED) is 0.370. The lowest BCUT2D eigenvalue weighted by atomic mass is 9.81. The fraction of sp³-hybridized carbons (Fsp3) is 0.100. The van der Waals surface area contributed by atoms with Crippen molar-refractivity contribution >= 4 is 33.3 Å². The number of fused-ring (bicyclic) bond motifs is 2. The molecule has 0 amide bonds. The van der Waals surface area contributed by atoms with Crippen LogP contribution in [0.5, 0.6) is 0 Å². The van der Waals surface area contributed by atoms with Gasteiger partial charge in [-0.1, -0.05) is 48.6 Å². The molecule has 0 heterocycles. The molecule has 2 aliphatic rings. The number of nitro groups is 1. The Morgan fingerprint density at radius 2 is 1.78 bits per heavy atom. The lowest BCUT2D eigenvalue weighted by molar-refractivity contribution is -0.375. The molecule has 3 aromatic rings. The molecule has 0 unspecified atom stereocenters. The van der Waals surface area contributed by atoms with E-state index in [0.29, 0.717) is 6.42 Å². The van der Waals surface area contributed by atoms with Crippen molar-refractivity contribution in [1.82, 2.24) is 0 Å². The van der Waals surface area contributed by atoms with Crippen LogP contribution < -0.4 is 0 Å². The first kappa shape index (κ1) is 12.6. The zero-order valence-electron chi connectivity index (χ0n) is 12.4. The maximum atomic E-state index is 11.6. The molecule has 0 saturated carbocycles. The predicted octanol–water partition coefficient (Wildman–Crippen LogP) is 4.74. The Kier molecular flexibility index (Phi) is 2.35. The smallest absolute Gasteiger partial charge is 0.258 e.